The van der Waals surface area contributed by atoms with Gasteiger partial charge in [-0.05, 0) is 0 Å². The molecule has 0 aliphatic heterocycles. The number of hydrogen-bond donors (Lipinski definition) is 0. The van der Waals surface area contributed by atoms with Crippen molar-refractivity contribution in [3.63, 3.8) is 0 Å². The van der Waals surface area contributed by atoms with Gasteiger partial charge in [-0.2, -0.15) is 0 Å². The summed E-state index contributed by atoms with van der Waals surface area (Å²) in [4.78, 5) is 0. The van der Waals surface area contributed by atoms with E-state index in [0.29, 0.717) is 0 Å². The molecule has 0 spiro atoms. The van der Waals surface area contributed by atoms with Crippen LogP contribution in [0.25, 0.3) is 0 Å². The third-order valence-corrected chi connectivity index (χ3v) is 0. The Kier molecular flexibility index (Phi) is 24.0. The van der Waals surface area contributed by atoms with Crippen molar-refractivity contribution in [3.05, 3.63) is 0 Å². The minimum Gasteiger partial charge on any atom is 1.00 e. The number of rotatable bonds is 0. The van der Waals surface area contributed by atoms with Gasteiger partial charge >= 0.3 is 95.0 Å². The summed E-state index contributed by atoms with van der Waals surface area (Å²) < 4.78 is 0. The van der Waals surface area contributed by atoms with Gasteiger partial charge in [-0.1, -0.05) is 0 Å². The summed E-state index contributed by atoms with van der Waals surface area (Å²) in [5, 5.41) is 0. The van der Waals surface area contributed by atoms with Crippen LogP contribution >= 0.6 is 17.8 Å². The van der Waals surface area contributed by atoms with Crippen LogP contribution in [0.15, 0.2) is 0 Å². The van der Waals surface area contributed by atoms with Gasteiger partial charge in [0.05, 0.1) is 0 Å². The summed E-state index contributed by atoms with van der Waals surface area (Å²) in [6, 6.07) is 0. The van der Waals surface area contributed by atoms with Crippen LogP contribution in [-0.4, -0.2) is 0 Å². The third-order valence-electron chi connectivity index (χ3n) is 0. The first kappa shape index (κ1) is 10.2. The quantitative estimate of drug-likeness (QED) is 0.393. The van der Waals surface area contributed by atoms with Gasteiger partial charge in [-0.15, -0.1) is 0 Å². The molecule has 0 aliphatic rings. The first-order valence-corrected chi connectivity index (χ1v) is 5.75. The smallest absolute Gasteiger partial charge is 1.00 e. The summed E-state index contributed by atoms with van der Waals surface area (Å²) >= 11 is -0.466. The average Bonchev–Trinajstić information content (AvgIpc) is 0.918. The van der Waals surface area contributed by atoms with Crippen LogP contribution in [0.5, 0.6) is 0 Å². The summed E-state index contributed by atoms with van der Waals surface area (Å²) in [7, 11) is 9.75. The van der Waals surface area contributed by atoms with Crippen LogP contribution in [0.3, 0.4) is 0 Å². The van der Waals surface area contributed by atoms with Crippen LogP contribution in [0.1, 0.15) is 0 Å². The number of halogens is 3. The van der Waals surface area contributed by atoms with Gasteiger partial charge in [-0.3, -0.25) is 0 Å². The molecule has 0 heterocycles. The molecule has 0 unspecified atom stereocenters. The molecule has 0 amide bonds. The van der Waals surface area contributed by atoms with Gasteiger partial charge < -0.3 is 0 Å². The third kappa shape index (κ3) is 8.93. The first-order chi connectivity index (χ1) is 1.41. The minimum atomic E-state index is -0.466. The van der Waals surface area contributed by atoms with Gasteiger partial charge in [0, 0.05) is 0 Å². The van der Waals surface area contributed by atoms with E-state index in [1.54, 1.807) is 0 Å². The van der Waals surface area contributed by atoms with E-state index < -0.39 is 18.9 Å². The molecule has 0 saturated carbocycles. The topological polar surface area (TPSA) is 0 Å². The average molecular weight is 283 g/mol. The Morgan fingerprint density at radius 1 is 1.25 bits per heavy atom. The molecular weight excluding hydrogens is 283 g/mol. The van der Waals surface area contributed by atoms with Crippen molar-refractivity contribution in [1.29, 1.82) is 0 Å². The summed E-state index contributed by atoms with van der Waals surface area (Å²) in [6.07, 6.45) is 0. The van der Waals surface area contributed by atoms with E-state index in [-0.39, 0.29) is 58.2 Å². The summed E-state index contributed by atoms with van der Waals surface area (Å²) in [5.41, 5.74) is 0. The van der Waals surface area contributed by atoms with E-state index >= 15 is 0 Å². The van der Waals surface area contributed by atoms with Crippen molar-refractivity contribution < 1.29 is 77.1 Å². The fourth-order valence-electron chi connectivity index (χ4n) is 0. The Labute approximate surface area is 92.1 Å². The van der Waals surface area contributed by atoms with Crippen molar-refractivity contribution in [1.82, 2.24) is 0 Å². The summed E-state index contributed by atoms with van der Waals surface area (Å²) in [6.45, 7) is 0. The zero-order valence-electron chi connectivity index (χ0n) is 2.13. The van der Waals surface area contributed by atoms with E-state index in [2.05, 4.69) is 0 Å². The van der Waals surface area contributed by atoms with Gasteiger partial charge in [0.15, 0.2) is 0 Å². The Bertz CT molecular complexity index is 6.00. The van der Waals surface area contributed by atoms with Crippen molar-refractivity contribution >= 4 is 17.8 Å². The Hall–Kier alpha value is 3.12. The van der Waals surface area contributed by atoms with Gasteiger partial charge in [0.25, 0.3) is 0 Å². The van der Waals surface area contributed by atoms with E-state index in [1.165, 1.54) is 0 Å². The minimum absolute atomic E-state index is 0. The van der Waals surface area contributed by atoms with E-state index in [9.17, 15) is 0 Å². The second kappa shape index (κ2) is 9.45. The normalized spacial score (nSPS) is 5.50. The largest absolute Gasteiger partial charge is 1.00 e. The first-order valence-electron chi connectivity index (χ1n) is 0.286. The van der Waals surface area contributed by atoms with E-state index in [1.807, 2.05) is 0 Å². The maximum absolute atomic E-state index is 4.87. The van der Waals surface area contributed by atoms with Gasteiger partial charge in [-0.25, -0.2) is 0 Å². The molecule has 0 rings (SSSR count). The van der Waals surface area contributed by atoms with Crippen molar-refractivity contribution in [2.45, 2.75) is 0 Å². The second-order valence-corrected chi connectivity index (χ2v) is 3.26. The van der Waals surface area contributed by atoms with Crippen LogP contribution in [0.4, 0.5) is 0 Å². The van der Waals surface area contributed by atoms with Gasteiger partial charge in [0.2, 0.25) is 0 Å². The van der Waals surface area contributed by atoms with Crippen molar-refractivity contribution in [2.24, 2.45) is 0 Å². The monoisotopic (exact) mass is 282 g/mol. The van der Waals surface area contributed by atoms with Crippen LogP contribution in [0.2, 0.25) is 0 Å². The molecule has 4 heteroatoms. The fraction of sp³-hybridized carbons (Fsp3) is 0. The van der Waals surface area contributed by atoms with E-state index in [4.69, 9.17) is 17.8 Å². The van der Waals surface area contributed by atoms with Crippen LogP contribution in [-0.2, 0) is 0 Å². The molecular formula is Cl2IRb. The molecule has 0 bridgehead atoms. The standard InChI is InChI=1S/Cl2I.Rb/c1-3-2;/q-1;+1. The van der Waals surface area contributed by atoms with Gasteiger partial charge in [0.1, 0.15) is 0 Å². The molecule has 0 aliphatic carbocycles. The molecule has 0 saturated heterocycles. The Morgan fingerprint density at radius 2 is 1.25 bits per heavy atom. The molecule has 22 valence electrons. The molecule has 0 radical (unpaired) electrons. The molecule has 0 N–H and O–H groups in total. The Balaban J connectivity index is 0. The summed E-state index contributed by atoms with van der Waals surface area (Å²) in [5.74, 6) is 0. The van der Waals surface area contributed by atoms with Crippen LogP contribution < -0.4 is 77.1 Å². The molecule has 4 heavy (non-hydrogen) atoms. The van der Waals surface area contributed by atoms with Crippen molar-refractivity contribution in [3.8, 4) is 0 Å². The SMILES string of the molecule is Cl[I-]Cl.[Rb+]. The predicted molar refractivity (Wildman–Crippen MR) is 11.7 cm³/mol. The molecule has 0 aromatic heterocycles. The molecule has 0 fully saturated rings. The van der Waals surface area contributed by atoms with E-state index in [0.717, 1.165) is 0 Å². The predicted octanol–water partition coefficient (Wildman–Crippen LogP) is -4.61. The maximum Gasteiger partial charge on any atom is 1.00 e. The maximum atomic E-state index is 4.87. The van der Waals surface area contributed by atoms with Crippen LogP contribution in [0, 0.1) is 0 Å². The fourth-order valence-corrected chi connectivity index (χ4v) is 0. The zero-order valence-corrected chi connectivity index (χ0v) is 10.7. The molecule has 0 aromatic carbocycles. The van der Waals surface area contributed by atoms with Crippen molar-refractivity contribution in [2.75, 3.05) is 0 Å². The zero-order chi connectivity index (χ0) is 2.71. The molecule has 0 aromatic rings. The second-order valence-electron chi connectivity index (χ2n) is 0.0540. The Morgan fingerprint density at radius 3 is 1.25 bits per heavy atom. The number of hydrogen-bond acceptors (Lipinski definition) is 0. The molecule has 0 nitrogen and oxygen atoms in total. The molecule has 0 atom stereocenters.